The maximum absolute atomic E-state index is 4.91. The van der Waals surface area contributed by atoms with Crippen LogP contribution < -0.4 is 4.74 Å². The number of rotatable bonds is 1. The molecule has 0 aliphatic heterocycles. The van der Waals surface area contributed by atoms with E-state index in [1.165, 1.54) is 11.1 Å². The second-order valence-electron chi connectivity index (χ2n) is 3.17. The van der Waals surface area contributed by atoms with Gasteiger partial charge in [-0.2, -0.15) is 7.11 Å². The summed E-state index contributed by atoms with van der Waals surface area (Å²) in [5.41, 5.74) is 3.63. The molecule has 0 atom stereocenters. The van der Waals surface area contributed by atoms with Crippen molar-refractivity contribution in [2.75, 3.05) is 0 Å². The van der Waals surface area contributed by atoms with Gasteiger partial charge in [0.15, 0.2) is 0 Å². The molecule has 1 aliphatic rings. The van der Waals surface area contributed by atoms with Crippen molar-refractivity contribution in [2.45, 2.75) is 6.42 Å². The van der Waals surface area contributed by atoms with Gasteiger partial charge in [0.05, 0.1) is 5.75 Å². The topological polar surface area (TPSA) is 9.23 Å². The second-order valence-corrected chi connectivity index (χ2v) is 3.17. The first-order valence-electron chi connectivity index (χ1n) is 4.20. The van der Waals surface area contributed by atoms with Gasteiger partial charge < -0.3 is 4.74 Å². The van der Waals surface area contributed by atoms with Gasteiger partial charge in [-0.05, 0) is 29.7 Å². The van der Waals surface area contributed by atoms with E-state index in [1.54, 1.807) is 0 Å². The molecule has 2 heteroatoms. The quantitative estimate of drug-likeness (QED) is 0.705. The van der Waals surface area contributed by atoms with Crippen LogP contribution in [0, 0.1) is 7.11 Å². The molecule has 14 heavy (non-hydrogen) atoms. The van der Waals surface area contributed by atoms with Gasteiger partial charge in [0.1, 0.15) is 0 Å². The molecule has 2 rings (SSSR count). The van der Waals surface area contributed by atoms with E-state index in [1.807, 2.05) is 24.3 Å². The summed E-state index contributed by atoms with van der Waals surface area (Å²) in [7, 11) is 3.38. The zero-order valence-electron chi connectivity index (χ0n) is 7.99. The molecule has 1 aliphatic carbocycles. The summed E-state index contributed by atoms with van der Waals surface area (Å²) in [5.74, 6) is 0.807. The number of fused-ring (bicyclic) bond motifs is 1. The SMILES string of the molecule is C=C1C=Cc2ccc(O[CH2-])cc2C1.[Y]. The number of benzene rings is 1. The normalized spacial score (nSPS) is 13.1. The Balaban J connectivity index is 0.000000980. The number of hydrogen-bond acceptors (Lipinski definition) is 1. The van der Waals surface area contributed by atoms with Gasteiger partial charge in [-0.3, -0.25) is 0 Å². The van der Waals surface area contributed by atoms with Crippen molar-refractivity contribution in [1.29, 1.82) is 0 Å². The number of hydrogen-bond donors (Lipinski definition) is 0. The Hall–Kier alpha value is -0.396. The van der Waals surface area contributed by atoms with Crippen LogP contribution in [0.25, 0.3) is 6.08 Å². The molecule has 1 aromatic rings. The predicted molar refractivity (Wildman–Crippen MR) is 54.3 cm³/mol. The first kappa shape index (κ1) is 11.7. The first-order chi connectivity index (χ1) is 6.29. The zero-order chi connectivity index (χ0) is 9.26. The first-order valence-corrected chi connectivity index (χ1v) is 4.20. The van der Waals surface area contributed by atoms with Gasteiger partial charge in [-0.15, -0.1) is 0 Å². The van der Waals surface area contributed by atoms with E-state index >= 15 is 0 Å². The van der Waals surface area contributed by atoms with Crippen molar-refractivity contribution < 1.29 is 37.4 Å². The summed E-state index contributed by atoms with van der Waals surface area (Å²) < 4.78 is 4.91. The van der Waals surface area contributed by atoms with Gasteiger partial charge in [-0.1, -0.05) is 30.4 Å². The third-order valence-corrected chi connectivity index (χ3v) is 2.20. The molecular formula is C12H11OY-. The van der Waals surface area contributed by atoms with Crippen molar-refractivity contribution in [1.82, 2.24) is 0 Å². The summed E-state index contributed by atoms with van der Waals surface area (Å²) >= 11 is 0. The predicted octanol–water partition coefficient (Wildman–Crippen LogP) is 2.98. The minimum Gasteiger partial charge on any atom is -0.665 e. The Morgan fingerprint density at radius 2 is 2.07 bits per heavy atom. The fourth-order valence-corrected chi connectivity index (χ4v) is 1.50. The molecular weight excluding hydrogens is 249 g/mol. The van der Waals surface area contributed by atoms with E-state index in [-0.39, 0.29) is 32.7 Å². The third kappa shape index (κ3) is 2.34. The van der Waals surface area contributed by atoms with E-state index in [0.29, 0.717) is 0 Å². The molecule has 1 radical (unpaired) electrons. The number of allylic oxidation sites excluding steroid dienone is 2. The summed E-state index contributed by atoms with van der Waals surface area (Å²) in [6.45, 7) is 3.93. The maximum Gasteiger partial charge on any atom is 0.0846 e. The summed E-state index contributed by atoms with van der Waals surface area (Å²) in [5, 5.41) is 0. The molecule has 1 nitrogen and oxygen atoms in total. The summed E-state index contributed by atoms with van der Waals surface area (Å²) in [6.07, 6.45) is 5.03. The average Bonchev–Trinajstić information content (AvgIpc) is 2.16. The van der Waals surface area contributed by atoms with E-state index in [4.69, 9.17) is 4.74 Å². The Morgan fingerprint density at radius 1 is 1.29 bits per heavy atom. The summed E-state index contributed by atoms with van der Waals surface area (Å²) in [6, 6.07) is 5.97. The Kier molecular flexibility index (Phi) is 4.09. The van der Waals surface area contributed by atoms with E-state index in [9.17, 15) is 0 Å². The summed E-state index contributed by atoms with van der Waals surface area (Å²) in [4.78, 5) is 0. The molecule has 0 bridgehead atoms. The van der Waals surface area contributed by atoms with Gasteiger partial charge in [0.25, 0.3) is 0 Å². The standard InChI is InChI=1S/C12H11O.Y/c1-9-3-4-10-5-6-12(13-2)8-11(10)7-9;/h3-6,8H,1-2,7H2;/q-1;. The van der Waals surface area contributed by atoms with Crippen LogP contribution in [0.2, 0.25) is 0 Å². The van der Waals surface area contributed by atoms with Gasteiger partial charge in [0, 0.05) is 32.7 Å². The van der Waals surface area contributed by atoms with Crippen LogP contribution in [0.4, 0.5) is 0 Å². The van der Waals surface area contributed by atoms with Gasteiger partial charge in [0.2, 0.25) is 0 Å². The molecule has 0 aromatic heterocycles. The van der Waals surface area contributed by atoms with E-state index in [0.717, 1.165) is 17.7 Å². The van der Waals surface area contributed by atoms with Crippen molar-refractivity contribution in [3.63, 3.8) is 0 Å². The van der Waals surface area contributed by atoms with Crippen molar-refractivity contribution >= 4 is 6.08 Å². The second kappa shape index (κ2) is 4.90. The van der Waals surface area contributed by atoms with Crippen LogP contribution in [0.15, 0.2) is 36.4 Å². The Bertz CT molecular complexity index is 380. The largest absolute Gasteiger partial charge is 0.665 e. The molecule has 1 aromatic carbocycles. The number of ether oxygens (including phenoxy) is 1. The minimum absolute atomic E-state index is 0. The van der Waals surface area contributed by atoms with Crippen LogP contribution in [-0.4, -0.2) is 0 Å². The fourth-order valence-electron chi connectivity index (χ4n) is 1.50. The average molecular weight is 260 g/mol. The van der Waals surface area contributed by atoms with Crippen LogP contribution in [0.3, 0.4) is 0 Å². The van der Waals surface area contributed by atoms with E-state index < -0.39 is 0 Å². The molecule has 0 fully saturated rings. The van der Waals surface area contributed by atoms with Crippen LogP contribution in [-0.2, 0) is 39.1 Å². The minimum atomic E-state index is 0. The van der Waals surface area contributed by atoms with Crippen molar-refractivity contribution in [3.05, 3.63) is 54.7 Å². The zero-order valence-corrected chi connectivity index (χ0v) is 10.8. The maximum atomic E-state index is 4.91. The molecule has 69 valence electrons. The van der Waals surface area contributed by atoms with Gasteiger partial charge in [-0.25, -0.2) is 0 Å². The Labute approximate surface area is 110 Å². The third-order valence-electron chi connectivity index (χ3n) is 2.20. The monoisotopic (exact) mass is 260 g/mol. The van der Waals surface area contributed by atoms with Crippen molar-refractivity contribution in [2.24, 2.45) is 0 Å². The fraction of sp³-hybridized carbons (Fsp3) is 0.0833. The van der Waals surface area contributed by atoms with Crippen LogP contribution >= 0.6 is 0 Å². The van der Waals surface area contributed by atoms with E-state index in [2.05, 4.69) is 19.8 Å². The molecule has 0 heterocycles. The smallest absolute Gasteiger partial charge is 0.0846 e. The Morgan fingerprint density at radius 3 is 2.79 bits per heavy atom. The molecule has 0 spiro atoms. The van der Waals surface area contributed by atoms with Crippen LogP contribution in [0.5, 0.6) is 5.75 Å². The molecule has 0 unspecified atom stereocenters. The van der Waals surface area contributed by atoms with Crippen LogP contribution in [0.1, 0.15) is 11.1 Å². The van der Waals surface area contributed by atoms with Crippen molar-refractivity contribution in [3.8, 4) is 5.75 Å². The molecule has 0 N–H and O–H groups in total. The molecule has 0 saturated heterocycles. The van der Waals surface area contributed by atoms with Gasteiger partial charge >= 0.3 is 0 Å². The molecule has 0 amide bonds. The molecule has 0 saturated carbocycles.